The molecule has 0 spiro atoms. The monoisotopic (exact) mass is 236 g/mol. The lowest BCUT2D eigenvalue weighted by atomic mass is 10.1. The smallest absolute Gasteiger partial charge is 0.330 e. The van der Waals surface area contributed by atoms with Gasteiger partial charge in [0, 0.05) is 6.08 Å². The van der Waals surface area contributed by atoms with Crippen molar-refractivity contribution in [2.75, 3.05) is 7.11 Å². The zero-order valence-corrected chi connectivity index (χ0v) is 11.1. The second-order valence-corrected chi connectivity index (χ2v) is 3.98. The lowest BCUT2D eigenvalue weighted by Gasteiger charge is -1.96. The Bertz CT molecular complexity index is 271. The number of carbonyl (C=O) groups excluding carboxylic acids is 1. The molecule has 2 nitrogen and oxygen atoms in total. The van der Waals surface area contributed by atoms with Gasteiger partial charge in [-0.1, -0.05) is 39.0 Å². The van der Waals surface area contributed by atoms with Crippen LogP contribution in [0.5, 0.6) is 0 Å². The third kappa shape index (κ3) is 12.7. The van der Waals surface area contributed by atoms with Gasteiger partial charge in [-0.05, 0) is 31.1 Å². The largest absolute Gasteiger partial charge is 0.466 e. The number of esters is 1. The van der Waals surface area contributed by atoms with E-state index in [1.807, 2.05) is 6.08 Å². The molecule has 0 aromatic carbocycles. The number of rotatable bonds is 9. The fraction of sp³-hybridized carbons (Fsp3) is 0.600. The molecule has 0 aliphatic carbocycles. The maximum Gasteiger partial charge on any atom is 0.330 e. The van der Waals surface area contributed by atoms with Crippen molar-refractivity contribution < 1.29 is 9.53 Å². The minimum absolute atomic E-state index is 0.334. The summed E-state index contributed by atoms with van der Waals surface area (Å²) in [6.45, 7) is 2.23. The van der Waals surface area contributed by atoms with Crippen molar-refractivity contribution in [3.05, 3.63) is 30.0 Å². The van der Waals surface area contributed by atoms with Gasteiger partial charge >= 0.3 is 5.97 Å². The second kappa shape index (κ2) is 12.8. The van der Waals surface area contributed by atoms with Gasteiger partial charge in [0.25, 0.3) is 0 Å². The van der Waals surface area contributed by atoms with Gasteiger partial charge in [0.05, 0.1) is 7.11 Å². The molecule has 0 bridgehead atoms. The number of carbonyl (C=O) groups is 1. The van der Waals surface area contributed by atoms with Crippen molar-refractivity contribution in [3.63, 3.8) is 0 Å². The minimum Gasteiger partial charge on any atom is -0.466 e. The van der Waals surface area contributed by atoms with Crippen LogP contribution >= 0.6 is 0 Å². The topological polar surface area (TPSA) is 26.3 Å². The molecule has 0 rings (SSSR count). The average molecular weight is 236 g/mol. The molecule has 0 amide bonds. The Kier molecular flexibility index (Phi) is 11.8. The van der Waals surface area contributed by atoms with E-state index in [1.165, 1.54) is 51.7 Å². The number of methoxy groups -OCH3 is 1. The molecule has 0 aromatic heterocycles. The highest BCUT2D eigenvalue weighted by Crippen LogP contribution is 2.06. The van der Waals surface area contributed by atoms with Gasteiger partial charge < -0.3 is 4.74 Å². The maximum absolute atomic E-state index is 10.7. The van der Waals surface area contributed by atoms with E-state index in [9.17, 15) is 4.79 Å². The molecule has 17 heavy (non-hydrogen) atoms. The summed E-state index contributed by atoms with van der Waals surface area (Å²) in [7, 11) is 1.37. The number of ether oxygens (including phenoxy) is 1. The van der Waals surface area contributed by atoms with Gasteiger partial charge in [-0.3, -0.25) is 0 Å². The summed E-state index contributed by atoms with van der Waals surface area (Å²) in [5.74, 6) is -0.334. The van der Waals surface area contributed by atoms with E-state index in [0.717, 1.165) is 6.42 Å². The molecule has 2 heteroatoms. The van der Waals surface area contributed by atoms with E-state index in [2.05, 4.69) is 17.4 Å². The van der Waals surface area contributed by atoms with Crippen LogP contribution in [0.1, 0.15) is 51.9 Å². The predicted octanol–water partition coefficient (Wildman–Crippen LogP) is 4.18. The Labute approximate surface area is 105 Å². The highest BCUT2D eigenvalue weighted by atomic mass is 16.5. The van der Waals surface area contributed by atoms with Gasteiger partial charge in [-0.15, -0.1) is 5.73 Å². The van der Waals surface area contributed by atoms with Gasteiger partial charge in [-0.25, -0.2) is 4.79 Å². The lowest BCUT2D eigenvalue weighted by Crippen LogP contribution is -1.92. The van der Waals surface area contributed by atoms with Crippen molar-refractivity contribution in [3.8, 4) is 0 Å². The number of hydrogen-bond donors (Lipinski definition) is 0. The Hall–Kier alpha value is -1.27. The van der Waals surface area contributed by atoms with Crippen molar-refractivity contribution in [2.24, 2.45) is 0 Å². The highest BCUT2D eigenvalue weighted by molar-refractivity contribution is 5.82. The first-order valence-electron chi connectivity index (χ1n) is 6.46. The highest BCUT2D eigenvalue weighted by Gasteiger charge is 1.87. The first kappa shape index (κ1) is 15.7. The van der Waals surface area contributed by atoms with Crippen LogP contribution in [-0.4, -0.2) is 13.1 Å². The Morgan fingerprint density at radius 1 is 1.18 bits per heavy atom. The van der Waals surface area contributed by atoms with Gasteiger partial charge in [-0.2, -0.15) is 0 Å². The fourth-order valence-electron chi connectivity index (χ4n) is 1.43. The molecule has 0 fully saturated rings. The van der Waals surface area contributed by atoms with Crippen molar-refractivity contribution in [1.82, 2.24) is 0 Å². The summed E-state index contributed by atoms with van der Waals surface area (Å²) in [4.78, 5) is 10.7. The van der Waals surface area contributed by atoms with E-state index < -0.39 is 0 Å². The SMILES string of the molecule is CCCCCCCCC=C=C/C=C/C(=O)OC. The molecule has 0 atom stereocenters. The average Bonchev–Trinajstić information content (AvgIpc) is 2.35. The number of hydrogen-bond acceptors (Lipinski definition) is 2. The van der Waals surface area contributed by atoms with E-state index in [1.54, 1.807) is 12.2 Å². The van der Waals surface area contributed by atoms with Crippen LogP contribution in [0, 0.1) is 0 Å². The molecular formula is C15H24O2. The van der Waals surface area contributed by atoms with Gasteiger partial charge in [0.15, 0.2) is 0 Å². The Balaban J connectivity index is 3.44. The molecule has 0 N–H and O–H groups in total. The number of unbranched alkanes of at least 4 members (excludes halogenated alkanes) is 6. The van der Waals surface area contributed by atoms with Crippen LogP contribution in [-0.2, 0) is 9.53 Å². The van der Waals surface area contributed by atoms with Gasteiger partial charge in [0.2, 0.25) is 0 Å². The standard InChI is InChI=1S/C15H24O2/c1-3-4-5-6-7-8-9-10-11-12-13-14-15(16)17-2/h10,12-14H,3-9H2,1-2H3/b14-13+. The second-order valence-electron chi connectivity index (χ2n) is 3.98. The molecule has 0 aromatic rings. The van der Waals surface area contributed by atoms with Gasteiger partial charge in [0.1, 0.15) is 0 Å². The van der Waals surface area contributed by atoms with Crippen molar-refractivity contribution >= 4 is 5.97 Å². The first-order valence-corrected chi connectivity index (χ1v) is 6.46. The summed E-state index contributed by atoms with van der Waals surface area (Å²) in [5.41, 5.74) is 3.02. The first-order chi connectivity index (χ1) is 8.31. The summed E-state index contributed by atoms with van der Waals surface area (Å²) in [6.07, 6.45) is 15.7. The lowest BCUT2D eigenvalue weighted by molar-refractivity contribution is -0.134. The van der Waals surface area contributed by atoms with Crippen LogP contribution in [0.15, 0.2) is 30.0 Å². The molecule has 0 saturated heterocycles. The zero-order chi connectivity index (χ0) is 12.8. The van der Waals surface area contributed by atoms with E-state index in [-0.39, 0.29) is 5.97 Å². The summed E-state index contributed by atoms with van der Waals surface area (Å²) in [5, 5.41) is 0. The van der Waals surface area contributed by atoms with Crippen LogP contribution < -0.4 is 0 Å². The summed E-state index contributed by atoms with van der Waals surface area (Å²) in [6, 6.07) is 0. The Morgan fingerprint density at radius 2 is 1.88 bits per heavy atom. The summed E-state index contributed by atoms with van der Waals surface area (Å²) < 4.78 is 4.46. The molecular weight excluding hydrogens is 212 g/mol. The molecule has 0 saturated carbocycles. The van der Waals surface area contributed by atoms with Crippen LogP contribution in [0.3, 0.4) is 0 Å². The van der Waals surface area contributed by atoms with Crippen LogP contribution in [0.2, 0.25) is 0 Å². The van der Waals surface area contributed by atoms with Crippen molar-refractivity contribution in [2.45, 2.75) is 51.9 Å². The molecule has 96 valence electrons. The van der Waals surface area contributed by atoms with Crippen LogP contribution in [0.4, 0.5) is 0 Å². The third-order valence-electron chi connectivity index (χ3n) is 2.45. The molecule has 0 heterocycles. The third-order valence-corrected chi connectivity index (χ3v) is 2.45. The maximum atomic E-state index is 10.7. The Morgan fingerprint density at radius 3 is 2.59 bits per heavy atom. The zero-order valence-electron chi connectivity index (χ0n) is 11.1. The molecule has 0 radical (unpaired) electrons. The fourth-order valence-corrected chi connectivity index (χ4v) is 1.43. The van der Waals surface area contributed by atoms with E-state index in [0.29, 0.717) is 0 Å². The molecule has 0 aliphatic heterocycles. The minimum atomic E-state index is -0.334. The predicted molar refractivity (Wildman–Crippen MR) is 71.8 cm³/mol. The quantitative estimate of drug-likeness (QED) is 0.197. The van der Waals surface area contributed by atoms with E-state index >= 15 is 0 Å². The molecule has 0 unspecified atom stereocenters. The van der Waals surface area contributed by atoms with E-state index in [4.69, 9.17) is 0 Å². The van der Waals surface area contributed by atoms with Crippen molar-refractivity contribution in [1.29, 1.82) is 0 Å². The summed E-state index contributed by atoms with van der Waals surface area (Å²) >= 11 is 0. The van der Waals surface area contributed by atoms with Crippen LogP contribution in [0.25, 0.3) is 0 Å². The normalized spacial score (nSPS) is 10.0. The molecule has 0 aliphatic rings. The number of allylic oxidation sites excluding steroid dienone is 2.